The van der Waals surface area contributed by atoms with E-state index >= 15 is 0 Å². The molecule has 2 aliphatic rings. The standard InChI is InChI=1S/C17H26N4O2/c1-20(12-15-6-9-18-19-15)16(22)14-7-10-21(11-8-14)17(23)13-4-2-3-5-13/h6,9,13-14H,2-5,7-8,10-12H2,1H3,(H,18,19). The highest BCUT2D eigenvalue weighted by molar-refractivity contribution is 5.81. The van der Waals surface area contributed by atoms with Crippen molar-refractivity contribution in [2.24, 2.45) is 11.8 Å². The molecular formula is C17H26N4O2. The van der Waals surface area contributed by atoms with E-state index in [9.17, 15) is 9.59 Å². The molecular weight excluding hydrogens is 292 g/mol. The molecule has 0 radical (unpaired) electrons. The first-order valence-corrected chi connectivity index (χ1v) is 8.67. The summed E-state index contributed by atoms with van der Waals surface area (Å²) >= 11 is 0. The second kappa shape index (κ2) is 7.15. The molecule has 1 aromatic rings. The highest BCUT2D eigenvalue weighted by atomic mass is 16.2. The molecule has 2 fully saturated rings. The molecule has 1 N–H and O–H groups in total. The molecule has 1 aromatic heterocycles. The maximum atomic E-state index is 12.5. The first-order valence-electron chi connectivity index (χ1n) is 8.67. The van der Waals surface area contributed by atoms with Gasteiger partial charge in [-0.3, -0.25) is 14.7 Å². The lowest BCUT2D eigenvalue weighted by Gasteiger charge is -2.34. The topological polar surface area (TPSA) is 69.3 Å². The van der Waals surface area contributed by atoms with Gasteiger partial charge in [0.1, 0.15) is 0 Å². The minimum atomic E-state index is 0.0375. The van der Waals surface area contributed by atoms with Gasteiger partial charge in [-0.1, -0.05) is 12.8 Å². The van der Waals surface area contributed by atoms with Crippen molar-refractivity contribution in [3.63, 3.8) is 0 Å². The van der Waals surface area contributed by atoms with Gasteiger partial charge >= 0.3 is 0 Å². The molecule has 23 heavy (non-hydrogen) atoms. The number of H-pyrrole nitrogens is 1. The molecule has 0 aromatic carbocycles. The Balaban J connectivity index is 1.48. The highest BCUT2D eigenvalue weighted by Crippen LogP contribution is 2.28. The van der Waals surface area contributed by atoms with Crippen LogP contribution in [0.2, 0.25) is 0 Å². The van der Waals surface area contributed by atoms with Crippen LogP contribution in [-0.4, -0.2) is 51.9 Å². The lowest BCUT2D eigenvalue weighted by Crippen LogP contribution is -2.45. The zero-order valence-corrected chi connectivity index (χ0v) is 13.8. The van der Waals surface area contributed by atoms with E-state index in [4.69, 9.17) is 0 Å². The van der Waals surface area contributed by atoms with E-state index in [1.165, 1.54) is 12.8 Å². The van der Waals surface area contributed by atoms with Gasteiger partial charge in [0.2, 0.25) is 11.8 Å². The van der Waals surface area contributed by atoms with Crippen molar-refractivity contribution in [1.29, 1.82) is 0 Å². The fourth-order valence-corrected chi connectivity index (χ4v) is 3.80. The van der Waals surface area contributed by atoms with E-state index in [1.807, 2.05) is 18.0 Å². The fourth-order valence-electron chi connectivity index (χ4n) is 3.80. The Morgan fingerprint density at radius 1 is 1.22 bits per heavy atom. The number of rotatable bonds is 4. The van der Waals surface area contributed by atoms with E-state index in [1.54, 1.807) is 11.1 Å². The van der Waals surface area contributed by atoms with Crippen molar-refractivity contribution >= 4 is 11.8 Å². The van der Waals surface area contributed by atoms with Gasteiger partial charge in [0.05, 0.1) is 12.2 Å². The third-order valence-electron chi connectivity index (χ3n) is 5.20. The van der Waals surface area contributed by atoms with Crippen molar-refractivity contribution in [3.8, 4) is 0 Å². The van der Waals surface area contributed by atoms with Crippen molar-refractivity contribution in [2.75, 3.05) is 20.1 Å². The Kier molecular flexibility index (Phi) is 4.98. The molecule has 6 nitrogen and oxygen atoms in total. The van der Waals surface area contributed by atoms with E-state index in [-0.39, 0.29) is 17.7 Å². The number of nitrogens with one attached hydrogen (secondary N) is 1. The van der Waals surface area contributed by atoms with Crippen molar-refractivity contribution < 1.29 is 9.59 Å². The quantitative estimate of drug-likeness (QED) is 0.920. The van der Waals surface area contributed by atoms with Crippen molar-refractivity contribution in [1.82, 2.24) is 20.0 Å². The zero-order valence-electron chi connectivity index (χ0n) is 13.8. The maximum Gasteiger partial charge on any atom is 0.225 e. The molecule has 2 amide bonds. The van der Waals surface area contributed by atoms with Crippen LogP contribution in [-0.2, 0) is 16.1 Å². The van der Waals surface area contributed by atoms with Crippen LogP contribution in [0.4, 0.5) is 0 Å². The third-order valence-corrected chi connectivity index (χ3v) is 5.20. The Labute approximate surface area is 137 Å². The SMILES string of the molecule is CN(Cc1ccn[nH]1)C(=O)C1CCN(C(=O)C2CCCC2)CC1. The molecule has 1 aliphatic heterocycles. The average molecular weight is 318 g/mol. The Bertz CT molecular complexity index is 529. The zero-order chi connectivity index (χ0) is 16.2. The third kappa shape index (κ3) is 3.74. The summed E-state index contributed by atoms with van der Waals surface area (Å²) in [4.78, 5) is 28.7. The fraction of sp³-hybridized carbons (Fsp3) is 0.706. The number of carbonyl (C=O) groups is 2. The van der Waals surface area contributed by atoms with Gasteiger partial charge < -0.3 is 9.80 Å². The van der Waals surface area contributed by atoms with Crippen LogP contribution in [0.1, 0.15) is 44.2 Å². The second-order valence-corrected chi connectivity index (χ2v) is 6.86. The molecule has 0 unspecified atom stereocenters. The molecule has 0 atom stereocenters. The minimum absolute atomic E-state index is 0.0375. The number of hydrogen-bond acceptors (Lipinski definition) is 3. The van der Waals surface area contributed by atoms with E-state index in [0.29, 0.717) is 12.5 Å². The number of nitrogens with zero attached hydrogens (tertiary/aromatic N) is 3. The summed E-state index contributed by atoms with van der Waals surface area (Å²) in [5.74, 6) is 0.771. The van der Waals surface area contributed by atoms with E-state index in [0.717, 1.165) is 44.5 Å². The van der Waals surface area contributed by atoms with Crippen molar-refractivity contribution in [2.45, 2.75) is 45.1 Å². The number of aromatic amines is 1. The van der Waals surface area contributed by atoms with Gasteiger partial charge in [0.25, 0.3) is 0 Å². The van der Waals surface area contributed by atoms with E-state index in [2.05, 4.69) is 10.2 Å². The normalized spacial score (nSPS) is 20.0. The monoisotopic (exact) mass is 318 g/mol. The van der Waals surface area contributed by atoms with E-state index < -0.39 is 0 Å². The number of hydrogen-bond donors (Lipinski definition) is 1. The molecule has 0 spiro atoms. The molecule has 6 heteroatoms. The number of aromatic nitrogens is 2. The Morgan fingerprint density at radius 2 is 1.91 bits per heavy atom. The first kappa shape index (κ1) is 16.0. The molecule has 126 valence electrons. The second-order valence-electron chi connectivity index (χ2n) is 6.86. The van der Waals surface area contributed by atoms with Gasteiger partial charge in [0.15, 0.2) is 0 Å². The van der Waals surface area contributed by atoms with Crippen LogP contribution >= 0.6 is 0 Å². The van der Waals surface area contributed by atoms with Crippen LogP contribution in [0.5, 0.6) is 0 Å². The highest BCUT2D eigenvalue weighted by Gasteiger charge is 2.32. The Morgan fingerprint density at radius 3 is 2.52 bits per heavy atom. The summed E-state index contributed by atoms with van der Waals surface area (Å²) in [6.07, 6.45) is 7.72. The summed E-state index contributed by atoms with van der Waals surface area (Å²) in [5, 5.41) is 6.79. The lowest BCUT2D eigenvalue weighted by molar-refractivity contribution is -0.142. The number of piperidine rings is 1. The van der Waals surface area contributed by atoms with Gasteiger partial charge in [-0.25, -0.2) is 0 Å². The minimum Gasteiger partial charge on any atom is -0.342 e. The largest absolute Gasteiger partial charge is 0.342 e. The van der Waals surface area contributed by atoms with Crippen LogP contribution < -0.4 is 0 Å². The molecule has 3 rings (SSSR count). The van der Waals surface area contributed by atoms with Gasteiger partial charge in [-0.05, 0) is 31.7 Å². The summed E-state index contributed by atoms with van der Waals surface area (Å²) in [6.45, 7) is 2.01. The van der Waals surface area contributed by atoms with Crippen LogP contribution in [0.25, 0.3) is 0 Å². The summed E-state index contributed by atoms with van der Waals surface area (Å²) in [5.41, 5.74) is 0.940. The molecule has 1 saturated heterocycles. The summed E-state index contributed by atoms with van der Waals surface area (Å²) < 4.78 is 0. The molecule has 0 bridgehead atoms. The molecule has 2 heterocycles. The predicted molar refractivity (Wildman–Crippen MR) is 86.3 cm³/mol. The summed E-state index contributed by atoms with van der Waals surface area (Å²) in [6, 6.07) is 1.88. The van der Waals surface area contributed by atoms with Gasteiger partial charge in [0, 0.05) is 38.2 Å². The molecule has 1 saturated carbocycles. The molecule has 1 aliphatic carbocycles. The van der Waals surface area contributed by atoms with Crippen LogP contribution in [0, 0.1) is 11.8 Å². The van der Waals surface area contributed by atoms with Crippen LogP contribution in [0.15, 0.2) is 12.3 Å². The van der Waals surface area contributed by atoms with Gasteiger partial charge in [-0.15, -0.1) is 0 Å². The number of likely N-dealkylation sites (tertiary alicyclic amines) is 1. The smallest absolute Gasteiger partial charge is 0.225 e. The Hall–Kier alpha value is -1.85. The first-order chi connectivity index (χ1) is 11.1. The number of carbonyl (C=O) groups excluding carboxylic acids is 2. The lowest BCUT2D eigenvalue weighted by atomic mass is 9.94. The summed E-state index contributed by atoms with van der Waals surface area (Å²) in [7, 11) is 1.83. The maximum absolute atomic E-state index is 12.5. The predicted octanol–water partition coefficient (Wildman–Crippen LogP) is 1.80. The average Bonchev–Trinajstić information content (AvgIpc) is 3.27. The number of amides is 2. The van der Waals surface area contributed by atoms with Crippen LogP contribution in [0.3, 0.4) is 0 Å². The van der Waals surface area contributed by atoms with Gasteiger partial charge in [-0.2, -0.15) is 5.10 Å². The van der Waals surface area contributed by atoms with Crippen molar-refractivity contribution in [3.05, 3.63) is 18.0 Å².